The molecule has 2 aromatic rings. The number of hydrogen-bond acceptors (Lipinski definition) is 3. The number of aryl methyl sites for hydroxylation is 3. The molecule has 0 heterocycles. The van der Waals surface area contributed by atoms with Crippen molar-refractivity contribution >= 4 is 5.69 Å². The number of hydrogen-bond donors (Lipinski definition) is 2. The fourth-order valence-electron chi connectivity index (χ4n) is 2.59. The number of rotatable bonds is 5. The number of phenols is 1. The van der Waals surface area contributed by atoms with E-state index in [1.54, 1.807) is 6.07 Å². The van der Waals surface area contributed by atoms with Crippen molar-refractivity contribution in [3.8, 4) is 11.5 Å². The van der Waals surface area contributed by atoms with Gasteiger partial charge < -0.3 is 15.2 Å². The predicted molar refractivity (Wildman–Crippen MR) is 87.3 cm³/mol. The molecule has 0 aromatic heterocycles. The Morgan fingerprint density at radius 3 is 2.33 bits per heavy atom. The van der Waals surface area contributed by atoms with Gasteiger partial charge in [-0.3, -0.25) is 0 Å². The molecule has 2 aromatic carbocycles. The summed E-state index contributed by atoms with van der Waals surface area (Å²) in [4.78, 5) is 0. The Labute approximate surface area is 126 Å². The Bertz CT molecular complexity index is 612. The van der Waals surface area contributed by atoms with Crippen LogP contribution < -0.4 is 10.1 Å². The van der Waals surface area contributed by atoms with Crippen molar-refractivity contribution in [2.75, 3.05) is 11.9 Å². The van der Waals surface area contributed by atoms with E-state index >= 15 is 0 Å². The fraction of sp³-hybridized carbons (Fsp3) is 0.333. The van der Waals surface area contributed by atoms with Crippen LogP contribution >= 0.6 is 0 Å². The molecule has 0 spiro atoms. The Kier molecular flexibility index (Phi) is 4.73. The van der Waals surface area contributed by atoms with Crippen molar-refractivity contribution in [3.63, 3.8) is 0 Å². The lowest BCUT2D eigenvalue weighted by Gasteiger charge is -2.15. The minimum absolute atomic E-state index is 0.184. The third kappa shape index (κ3) is 3.69. The van der Waals surface area contributed by atoms with Gasteiger partial charge in [0.2, 0.25) is 0 Å². The second-order valence-electron chi connectivity index (χ2n) is 5.36. The highest BCUT2D eigenvalue weighted by molar-refractivity contribution is 5.58. The maximum absolute atomic E-state index is 9.72. The molecule has 0 bridgehead atoms. The van der Waals surface area contributed by atoms with Gasteiger partial charge in [0.15, 0.2) is 11.5 Å². The van der Waals surface area contributed by atoms with E-state index in [1.807, 2.05) is 19.1 Å². The number of benzene rings is 2. The number of nitrogens with one attached hydrogen (secondary N) is 1. The second-order valence-corrected chi connectivity index (χ2v) is 5.36. The lowest BCUT2D eigenvalue weighted by Crippen LogP contribution is -2.04. The lowest BCUT2D eigenvalue weighted by molar-refractivity contribution is 0.318. The molecular weight excluding hydrogens is 262 g/mol. The van der Waals surface area contributed by atoms with Crippen molar-refractivity contribution in [2.24, 2.45) is 0 Å². The van der Waals surface area contributed by atoms with Crippen LogP contribution in [0.2, 0.25) is 0 Å². The standard InChI is InChI=1S/C18H23NO2/c1-5-21-17-10-15(6-7-16(17)20)11-19-18-13(3)8-12(2)9-14(18)4/h6-10,19-20H,5,11H2,1-4H3. The molecule has 0 saturated carbocycles. The van der Waals surface area contributed by atoms with Gasteiger partial charge in [-0.15, -0.1) is 0 Å². The SMILES string of the molecule is CCOc1cc(CNc2c(C)cc(C)cc2C)ccc1O. The highest BCUT2D eigenvalue weighted by Crippen LogP contribution is 2.28. The molecule has 3 nitrogen and oxygen atoms in total. The minimum Gasteiger partial charge on any atom is -0.504 e. The molecule has 0 aliphatic rings. The number of aromatic hydroxyl groups is 1. The Morgan fingerprint density at radius 2 is 1.71 bits per heavy atom. The summed E-state index contributed by atoms with van der Waals surface area (Å²) in [7, 11) is 0. The molecule has 0 aliphatic heterocycles. The average molecular weight is 285 g/mol. The normalized spacial score (nSPS) is 10.5. The van der Waals surface area contributed by atoms with E-state index in [4.69, 9.17) is 4.74 Å². The van der Waals surface area contributed by atoms with E-state index in [0.29, 0.717) is 18.9 Å². The fourth-order valence-corrected chi connectivity index (χ4v) is 2.59. The molecule has 0 atom stereocenters. The molecular formula is C18H23NO2. The highest BCUT2D eigenvalue weighted by Gasteiger charge is 2.06. The Hall–Kier alpha value is -2.16. The molecule has 0 saturated heterocycles. The van der Waals surface area contributed by atoms with Gasteiger partial charge in [-0.1, -0.05) is 23.8 Å². The molecule has 0 fully saturated rings. The van der Waals surface area contributed by atoms with Crippen molar-refractivity contribution in [1.29, 1.82) is 0 Å². The average Bonchev–Trinajstić information content (AvgIpc) is 2.41. The Balaban J connectivity index is 2.15. The van der Waals surface area contributed by atoms with Gasteiger partial charge >= 0.3 is 0 Å². The molecule has 21 heavy (non-hydrogen) atoms. The van der Waals surface area contributed by atoms with Crippen LogP contribution in [-0.2, 0) is 6.54 Å². The molecule has 0 unspecified atom stereocenters. The van der Waals surface area contributed by atoms with Gasteiger partial charge in [0.05, 0.1) is 6.61 Å². The molecule has 3 heteroatoms. The second kappa shape index (κ2) is 6.53. The van der Waals surface area contributed by atoms with E-state index in [9.17, 15) is 5.11 Å². The van der Waals surface area contributed by atoms with E-state index in [0.717, 1.165) is 5.56 Å². The summed E-state index contributed by atoms with van der Waals surface area (Å²) < 4.78 is 5.41. The van der Waals surface area contributed by atoms with E-state index in [1.165, 1.54) is 22.4 Å². The number of phenolic OH excluding ortho intramolecular Hbond substituents is 1. The highest BCUT2D eigenvalue weighted by atomic mass is 16.5. The zero-order chi connectivity index (χ0) is 15.4. The maximum Gasteiger partial charge on any atom is 0.161 e. The largest absolute Gasteiger partial charge is 0.504 e. The molecule has 2 rings (SSSR count). The van der Waals surface area contributed by atoms with Crippen LogP contribution in [0.25, 0.3) is 0 Å². The van der Waals surface area contributed by atoms with Gasteiger partial charge in [0.25, 0.3) is 0 Å². The van der Waals surface area contributed by atoms with Crippen molar-refractivity contribution in [2.45, 2.75) is 34.2 Å². The summed E-state index contributed by atoms with van der Waals surface area (Å²) in [5.74, 6) is 0.720. The number of ether oxygens (including phenoxy) is 1. The first-order valence-corrected chi connectivity index (χ1v) is 7.27. The van der Waals surface area contributed by atoms with Gasteiger partial charge in [0.1, 0.15) is 0 Å². The van der Waals surface area contributed by atoms with Crippen LogP contribution in [-0.4, -0.2) is 11.7 Å². The summed E-state index contributed by atoms with van der Waals surface area (Å²) >= 11 is 0. The smallest absolute Gasteiger partial charge is 0.161 e. The van der Waals surface area contributed by atoms with Crippen molar-refractivity contribution in [3.05, 3.63) is 52.6 Å². The maximum atomic E-state index is 9.72. The summed E-state index contributed by atoms with van der Waals surface area (Å²) in [6, 6.07) is 9.82. The first kappa shape index (κ1) is 15.2. The zero-order valence-electron chi connectivity index (χ0n) is 13.2. The van der Waals surface area contributed by atoms with E-state index in [2.05, 4.69) is 38.2 Å². The lowest BCUT2D eigenvalue weighted by atomic mass is 10.0. The Morgan fingerprint density at radius 1 is 1.05 bits per heavy atom. The monoisotopic (exact) mass is 285 g/mol. The molecule has 0 amide bonds. The topological polar surface area (TPSA) is 41.5 Å². The first-order chi connectivity index (χ1) is 10.0. The molecule has 112 valence electrons. The van der Waals surface area contributed by atoms with Gasteiger partial charge in [-0.2, -0.15) is 0 Å². The summed E-state index contributed by atoms with van der Waals surface area (Å²) in [6.07, 6.45) is 0. The van der Waals surface area contributed by atoms with Crippen LogP contribution in [0, 0.1) is 20.8 Å². The minimum atomic E-state index is 0.184. The third-order valence-corrected chi connectivity index (χ3v) is 3.47. The first-order valence-electron chi connectivity index (χ1n) is 7.27. The zero-order valence-corrected chi connectivity index (χ0v) is 13.2. The quantitative estimate of drug-likeness (QED) is 0.859. The summed E-state index contributed by atoms with van der Waals surface area (Å²) in [6.45, 7) is 9.49. The molecule has 0 aliphatic carbocycles. The van der Waals surface area contributed by atoms with Crippen LogP contribution in [0.15, 0.2) is 30.3 Å². The molecule has 0 radical (unpaired) electrons. The van der Waals surface area contributed by atoms with Crippen molar-refractivity contribution in [1.82, 2.24) is 0 Å². The van der Waals surface area contributed by atoms with Gasteiger partial charge in [-0.05, 0) is 56.5 Å². The van der Waals surface area contributed by atoms with Crippen LogP contribution in [0.1, 0.15) is 29.2 Å². The van der Waals surface area contributed by atoms with Crippen molar-refractivity contribution < 1.29 is 9.84 Å². The third-order valence-electron chi connectivity index (χ3n) is 3.47. The van der Waals surface area contributed by atoms with Crippen LogP contribution in [0.5, 0.6) is 11.5 Å². The van der Waals surface area contributed by atoms with Gasteiger partial charge in [0, 0.05) is 12.2 Å². The van der Waals surface area contributed by atoms with E-state index in [-0.39, 0.29) is 5.75 Å². The number of anilines is 1. The molecule has 2 N–H and O–H groups in total. The van der Waals surface area contributed by atoms with Crippen LogP contribution in [0.3, 0.4) is 0 Å². The van der Waals surface area contributed by atoms with Gasteiger partial charge in [-0.25, -0.2) is 0 Å². The van der Waals surface area contributed by atoms with E-state index < -0.39 is 0 Å². The predicted octanol–water partition coefficient (Wildman–Crippen LogP) is 4.33. The summed E-state index contributed by atoms with van der Waals surface area (Å²) in [5, 5.41) is 13.2. The van der Waals surface area contributed by atoms with Crippen LogP contribution in [0.4, 0.5) is 5.69 Å². The summed E-state index contributed by atoms with van der Waals surface area (Å²) in [5.41, 5.74) is 6.02.